The van der Waals surface area contributed by atoms with Gasteiger partial charge in [-0.1, -0.05) is 0 Å². The molecule has 13 nitrogen and oxygen atoms in total. The van der Waals surface area contributed by atoms with Gasteiger partial charge in [0.05, 0.1) is 7.11 Å². The van der Waals surface area contributed by atoms with E-state index in [0.29, 0.717) is 0 Å². The van der Waals surface area contributed by atoms with E-state index in [2.05, 4.69) is 0 Å². The van der Waals surface area contributed by atoms with Gasteiger partial charge in [0.1, 0.15) is 47.7 Å². The van der Waals surface area contributed by atoms with E-state index < -0.39 is 77.1 Å². The van der Waals surface area contributed by atoms with Crippen LogP contribution in [0.4, 0.5) is 0 Å². The summed E-state index contributed by atoms with van der Waals surface area (Å²) in [4.78, 5) is 24.8. The Labute approximate surface area is 208 Å². The zero-order valence-electron chi connectivity index (χ0n) is 19.5. The number of hydrogen-bond acceptors (Lipinski definition) is 13. The molecule has 5 atom stereocenters. The van der Waals surface area contributed by atoms with Crippen LogP contribution in [0.3, 0.4) is 0 Å². The van der Waals surface area contributed by atoms with Crippen molar-refractivity contribution >= 4 is 16.9 Å². The van der Waals surface area contributed by atoms with E-state index in [1.165, 1.54) is 24.3 Å². The first kappa shape index (κ1) is 26.0. The Balaban J connectivity index is 1.86. The maximum Gasteiger partial charge on any atom is 0.302 e. The van der Waals surface area contributed by atoms with Gasteiger partial charge in [-0.2, -0.15) is 0 Å². The van der Waals surface area contributed by atoms with E-state index in [-0.39, 0.29) is 22.7 Å². The standard InChI is InChI=1S/C24H24O13/c1-9(25)34-8-14-16(28)19(31)20(32)24(36-14)37-23-18(30)15-13(7-12(27)22(33-2)17(15)29)35-21(23)10-3-5-11(26)6-4-10/h3-7,14,16,19-20,24,26-29,31-32H,8H2,1-2H3/t14-,16-,19?,20?,24+/m1/s1. The lowest BCUT2D eigenvalue weighted by Gasteiger charge is -2.39. The summed E-state index contributed by atoms with van der Waals surface area (Å²) in [6.45, 7) is 0.631. The predicted molar refractivity (Wildman–Crippen MR) is 123 cm³/mol. The third-order valence-electron chi connectivity index (χ3n) is 5.74. The van der Waals surface area contributed by atoms with Crippen molar-refractivity contribution in [3.8, 4) is 40.1 Å². The molecule has 198 valence electrons. The molecule has 1 fully saturated rings. The predicted octanol–water partition coefficient (Wildman–Crippen LogP) is 0.335. The molecule has 1 saturated heterocycles. The lowest BCUT2D eigenvalue weighted by molar-refractivity contribution is -0.278. The Kier molecular flexibility index (Phi) is 7.14. The Morgan fingerprint density at radius 2 is 1.68 bits per heavy atom. The maximum atomic E-state index is 13.6. The maximum absolute atomic E-state index is 13.6. The van der Waals surface area contributed by atoms with E-state index in [1.807, 2.05) is 0 Å². The second kappa shape index (κ2) is 10.1. The third-order valence-corrected chi connectivity index (χ3v) is 5.74. The van der Waals surface area contributed by atoms with Gasteiger partial charge >= 0.3 is 5.97 Å². The summed E-state index contributed by atoms with van der Waals surface area (Å²) in [5.74, 6) is -3.28. The van der Waals surface area contributed by atoms with Crippen LogP contribution in [0.1, 0.15) is 6.92 Å². The quantitative estimate of drug-likeness (QED) is 0.243. The molecule has 2 heterocycles. The highest BCUT2D eigenvalue weighted by Gasteiger charge is 2.46. The largest absolute Gasteiger partial charge is 0.508 e. The second-order valence-corrected chi connectivity index (χ2v) is 8.22. The number of fused-ring (bicyclic) bond motifs is 1. The topological polar surface area (TPSA) is 206 Å². The van der Waals surface area contributed by atoms with Crippen LogP contribution < -0.4 is 14.9 Å². The first-order valence-corrected chi connectivity index (χ1v) is 10.9. The Bertz CT molecular complexity index is 1360. The van der Waals surface area contributed by atoms with Gasteiger partial charge in [0.2, 0.25) is 23.2 Å². The molecule has 1 aromatic heterocycles. The van der Waals surface area contributed by atoms with Crippen molar-refractivity contribution in [3.05, 3.63) is 40.6 Å². The minimum absolute atomic E-state index is 0.0918. The zero-order chi connectivity index (χ0) is 27.0. The van der Waals surface area contributed by atoms with Gasteiger partial charge < -0.3 is 54.0 Å². The van der Waals surface area contributed by atoms with Crippen LogP contribution in [0.15, 0.2) is 39.5 Å². The molecule has 13 heteroatoms. The molecule has 0 radical (unpaired) electrons. The number of aliphatic hydroxyl groups excluding tert-OH is 3. The van der Waals surface area contributed by atoms with Crippen molar-refractivity contribution in [3.63, 3.8) is 0 Å². The van der Waals surface area contributed by atoms with Crippen molar-refractivity contribution < 1.29 is 58.8 Å². The number of rotatable bonds is 6. The average molecular weight is 520 g/mol. The average Bonchev–Trinajstić information content (AvgIpc) is 2.85. The molecule has 0 saturated carbocycles. The number of phenolic OH excluding ortho intramolecular Hbond substituents is 3. The molecule has 2 aromatic carbocycles. The fourth-order valence-corrected chi connectivity index (χ4v) is 3.86. The van der Waals surface area contributed by atoms with Gasteiger partial charge in [-0.25, -0.2) is 0 Å². The zero-order valence-corrected chi connectivity index (χ0v) is 19.5. The molecule has 0 spiro atoms. The van der Waals surface area contributed by atoms with E-state index in [4.69, 9.17) is 23.4 Å². The van der Waals surface area contributed by atoms with E-state index in [0.717, 1.165) is 20.1 Å². The highest BCUT2D eigenvalue weighted by molar-refractivity contribution is 5.91. The number of ether oxygens (including phenoxy) is 4. The number of phenols is 3. The lowest BCUT2D eigenvalue weighted by atomic mass is 9.99. The number of aromatic hydroxyl groups is 3. The second-order valence-electron chi connectivity index (χ2n) is 8.22. The molecule has 0 aliphatic carbocycles. The Hall–Kier alpha value is -4.04. The van der Waals surface area contributed by atoms with Gasteiger partial charge in [0.15, 0.2) is 17.3 Å². The van der Waals surface area contributed by atoms with Crippen LogP contribution in [-0.4, -0.2) is 81.0 Å². The normalized spacial score (nSPS) is 23.5. The molecule has 1 aliphatic heterocycles. The van der Waals surface area contributed by atoms with Crippen LogP contribution in [0.2, 0.25) is 0 Å². The van der Waals surface area contributed by atoms with E-state index in [1.54, 1.807) is 0 Å². The molecular weight excluding hydrogens is 496 g/mol. The number of esters is 1. The number of benzene rings is 2. The van der Waals surface area contributed by atoms with E-state index >= 15 is 0 Å². The molecule has 37 heavy (non-hydrogen) atoms. The minimum Gasteiger partial charge on any atom is -0.508 e. The first-order valence-electron chi connectivity index (χ1n) is 10.9. The van der Waals surface area contributed by atoms with Crippen LogP contribution in [-0.2, 0) is 14.3 Å². The molecule has 2 unspecified atom stereocenters. The molecule has 4 rings (SSSR count). The summed E-state index contributed by atoms with van der Waals surface area (Å²) in [6.07, 6.45) is -8.43. The SMILES string of the molecule is COc1c(O)cc2oc(-c3ccc(O)cc3)c(O[C@@H]3O[C@H](COC(C)=O)[C@@H](O)C(O)C3O)c(=O)c2c1O. The summed E-state index contributed by atoms with van der Waals surface area (Å²) in [7, 11) is 1.16. The molecule has 0 amide bonds. The molecule has 3 aromatic rings. The number of carbonyl (C=O) groups excluding carboxylic acids is 1. The van der Waals surface area contributed by atoms with Crippen molar-refractivity contribution in [1.82, 2.24) is 0 Å². The first-order chi connectivity index (χ1) is 17.5. The number of aliphatic hydroxyl groups is 3. The fourth-order valence-electron chi connectivity index (χ4n) is 3.86. The number of carbonyl (C=O) groups is 1. The van der Waals surface area contributed by atoms with Gasteiger partial charge in [0, 0.05) is 18.6 Å². The monoisotopic (exact) mass is 520 g/mol. The lowest BCUT2D eigenvalue weighted by Crippen LogP contribution is -2.60. The summed E-state index contributed by atoms with van der Waals surface area (Å²) in [5, 5.41) is 61.0. The highest BCUT2D eigenvalue weighted by atomic mass is 16.7. The summed E-state index contributed by atoms with van der Waals surface area (Å²) >= 11 is 0. The molecule has 0 bridgehead atoms. The third kappa shape index (κ3) is 4.84. The Morgan fingerprint density at radius 1 is 1.00 bits per heavy atom. The van der Waals surface area contributed by atoms with Crippen LogP contribution in [0.5, 0.6) is 28.7 Å². The van der Waals surface area contributed by atoms with Gasteiger partial charge in [-0.05, 0) is 24.3 Å². The highest BCUT2D eigenvalue weighted by Crippen LogP contribution is 2.43. The van der Waals surface area contributed by atoms with Crippen molar-refractivity contribution in [2.24, 2.45) is 0 Å². The van der Waals surface area contributed by atoms with Crippen LogP contribution in [0.25, 0.3) is 22.3 Å². The van der Waals surface area contributed by atoms with Crippen molar-refractivity contribution in [1.29, 1.82) is 0 Å². The van der Waals surface area contributed by atoms with Crippen molar-refractivity contribution in [2.45, 2.75) is 37.6 Å². The van der Waals surface area contributed by atoms with Crippen LogP contribution >= 0.6 is 0 Å². The smallest absolute Gasteiger partial charge is 0.302 e. The fraction of sp³-hybridized carbons (Fsp3) is 0.333. The minimum atomic E-state index is -1.87. The molecule has 1 aliphatic rings. The molecule has 6 N–H and O–H groups in total. The van der Waals surface area contributed by atoms with Crippen LogP contribution in [0, 0.1) is 0 Å². The van der Waals surface area contributed by atoms with Gasteiger partial charge in [-0.15, -0.1) is 0 Å². The molecular formula is C24H24O13. The van der Waals surface area contributed by atoms with Gasteiger partial charge in [-0.3, -0.25) is 9.59 Å². The number of methoxy groups -OCH3 is 1. The summed E-state index contributed by atoms with van der Waals surface area (Å²) in [5.41, 5.74) is -0.999. The van der Waals surface area contributed by atoms with Gasteiger partial charge in [0.25, 0.3) is 0 Å². The summed E-state index contributed by atoms with van der Waals surface area (Å²) < 4.78 is 26.7. The van der Waals surface area contributed by atoms with Crippen molar-refractivity contribution in [2.75, 3.05) is 13.7 Å². The Morgan fingerprint density at radius 3 is 2.30 bits per heavy atom. The summed E-state index contributed by atoms with van der Waals surface area (Å²) in [6, 6.07) is 6.41. The van der Waals surface area contributed by atoms with E-state index in [9.17, 15) is 40.2 Å². The number of hydrogen-bond donors (Lipinski definition) is 6.